The number of rotatable bonds is 11. The van der Waals surface area contributed by atoms with Gasteiger partial charge in [-0.05, 0) is 42.1 Å². The summed E-state index contributed by atoms with van der Waals surface area (Å²) < 4.78 is 81.0. The number of aliphatic hydroxyl groups is 1. The highest BCUT2D eigenvalue weighted by Crippen LogP contribution is 2.41. The maximum Gasteiger partial charge on any atom is 0.226 e. The van der Waals surface area contributed by atoms with Crippen LogP contribution in [0.4, 0.5) is 0 Å². The van der Waals surface area contributed by atoms with Gasteiger partial charge in [0.1, 0.15) is 60.5 Å². The summed E-state index contributed by atoms with van der Waals surface area (Å²) in [5.74, 6) is 2.10. The van der Waals surface area contributed by atoms with Gasteiger partial charge in [0.2, 0.25) is 19.7 Å². The van der Waals surface area contributed by atoms with E-state index in [-0.39, 0.29) is 60.3 Å². The van der Waals surface area contributed by atoms with Gasteiger partial charge in [-0.1, -0.05) is 87.6 Å². The number of sulfone groups is 2. The molecule has 0 saturated heterocycles. The number of nitrogens with one attached hydrogen (secondary N) is 1. The first kappa shape index (κ1) is 45.6. The first-order valence-electron chi connectivity index (χ1n) is 19.0. The van der Waals surface area contributed by atoms with Crippen LogP contribution in [-0.4, -0.2) is 88.1 Å². The lowest BCUT2D eigenvalue weighted by molar-refractivity contribution is 0.200. The minimum atomic E-state index is -3.90. The molecule has 2 aromatic heterocycles. The molecule has 4 heterocycles. The minimum Gasteiger partial charge on any atom is -0.492 e. The first-order chi connectivity index (χ1) is 28.7. The Bertz CT molecular complexity index is 3120. The molecule has 2 aliphatic heterocycles. The maximum atomic E-state index is 13.7. The van der Waals surface area contributed by atoms with Crippen LogP contribution in [0.15, 0.2) is 129 Å². The maximum absolute atomic E-state index is 13.7. The van der Waals surface area contributed by atoms with E-state index in [2.05, 4.69) is 15.5 Å². The van der Waals surface area contributed by atoms with Crippen LogP contribution in [0.25, 0.3) is 43.4 Å². The molecule has 0 atom stereocenters. The van der Waals surface area contributed by atoms with E-state index in [4.69, 9.17) is 24.1 Å². The third-order valence-corrected chi connectivity index (χ3v) is 13.7. The molecule has 0 radical (unpaired) electrons. The quantitative estimate of drug-likeness (QED) is 0.123. The third-order valence-electron chi connectivity index (χ3n) is 10.2. The number of likely N-dealkylation sites (N-methyl/N-ethyl adjacent to an activating group) is 1. The molecule has 6 aromatic carbocycles. The molecule has 62 heavy (non-hydrogen) atoms. The van der Waals surface area contributed by atoms with Crippen LogP contribution >= 0.6 is 12.4 Å². The number of fused-ring (bicyclic) bond motifs is 2. The fourth-order valence-corrected chi connectivity index (χ4v) is 10.7. The highest BCUT2D eigenvalue weighted by Gasteiger charge is 2.32. The zero-order chi connectivity index (χ0) is 40.7. The summed E-state index contributed by atoms with van der Waals surface area (Å²) in [6.07, 6.45) is 0. The Labute approximate surface area is 366 Å². The van der Waals surface area contributed by atoms with E-state index in [1.54, 1.807) is 64.0 Å². The van der Waals surface area contributed by atoms with Gasteiger partial charge >= 0.3 is 0 Å². The van der Waals surface area contributed by atoms with Crippen molar-refractivity contribution in [2.24, 2.45) is 0 Å². The molecule has 0 fully saturated rings. The highest BCUT2D eigenvalue weighted by atomic mass is 35.5. The van der Waals surface area contributed by atoms with Crippen molar-refractivity contribution in [2.75, 3.05) is 46.6 Å². The van der Waals surface area contributed by atoms with E-state index in [1.165, 1.54) is 0 Å². The normalized spacial score (nSPS) is 12.9. The van der Waals surface area contributed by atoms with Crippen molar-refractivity contribution in [2.45, 2.75) is 47.8 Å². The van der Waals surface area contributed by atoms with Crippen LogP contribution < -0.4 is 24.3 Å². The number of hydrogen-bond donors (Lipinski definition) is 2. The van der Waals surface area contributed by atoms with E-state index in [0.29, 0.717) is 95.0 Å². The van der Waals surface area contributed by atoms with Gasteiger partial charge in [-0.2, -0.15) is 10.2 Å². The molecule has 2 N–H and O–H groups in total. The summed E-state index contributed by atoms with van der Waals surface area (Å²) in [4.78, 5) is 0.459. The Hall–Kier alpha value is -5.91. The summed E-state index contributed by atoms with van der Waals surface area (Å²) in [5.41, 5.74) is 1.31. The van der Waals surface area contributed by atoms with Crippen LogP contribution in [0, 0.1) is 0 Å². The second-order valence-electron chi connectivity index (χ2n) is 13.9. The average Bonchev–Trinajstić information content (AvgIpc) is 3.84. The smallest absolute Gasteiger partial charge is 0.226 e. The molecule has 17 heteroatoms. The zero-order valence-corrected chi connectivity index (χ0v) is 34.7. The van der Waals surface area contributed by atoms with Crippen molar-refractivity contribution in [3.8, 4) is 23.0 Å². The SMILES string of the molecule is C.C.CNCCOc1cc2c3c(c1)c(S(=O)(=O)c1cccc4ccccc14)nn3CCO2.Cl.O=S(=O)(c1cccc2ccccc12)c1nn2c3c(cc(OCCO)cc13)OCC2. The average molecular weight is 902 g/mol. The fourth-order valence-electron chi connectivity index (χ4n) is 7.54. The number of halogens is 1. The molecule has 14 nitrogen and oxygen atoms in total. The van der Waals surface area contributed by atoms with Crippen molar-refractivity contribution >= 4 is 75.4 Å². The van der Waals surface area contributed by atoms with Crippen LogP contribution in [0.5, 0.6) is 23.0 Å². The second kappa shape index (κ2) is 18.6. The van der Waals surface area contributed by atoms with Crippen LogP contribution in [0.2, 0.25) is 0 Å². The molecule has 8 aromatic rings. The number of aliphatic hydroxyl groups excluding tert-OH is 1. The Morgan fingerprint density at radius 3 is 1.52 bits per heavy atom. The fraction of sp³-hybridized carbons (Fsp3) is 0.244. The van der Waals surface area contributed by atoms with Crippen molar-refractivity contribution in [1.82, 2.24) is 24.9 Å². The Kier molecular flexibility index (Phi) is 13.7. The summed E-state index contributed by atoms with van der Waals surface area (Å²) in [5, 5.41) is 25.0. The minimum absolute atomic E-state index is 0. The predicted octanol–water partition coefficient (Wildman–Crippen LogP) is 7.49. The zero-order valence-electron chi connectivity index (χ0n) is 32.3. The van der Waals surface area contributed by atoms with E-state index < -0.39 is 19.7 Å². The molecular weight excluding hydrogens is 854 g/mol. The van der Waals surface area contributed by atoms with Gasteiger partial charge in [0.15, 0.2) is 10.1 Å². The van der Waals surface area contributed by atoms with E-state index in [0.717, 1.165) is 10.8 Å². The number of benzene rings is 6. The molecule has 0 unspecified atom stereocenters. The van der Waals surface area contributed by atoms with Gasteiger partial charge in [0, 0.05) is 40.2 Å². The lowest BCUT2D eigenvalue weighted by Crippen LogP contribution is -2.17. The topological polar surface area (TPSA) is 173 Å². The molecule has 2 aliphatic rings. The highest BCUT2D eigenvalue weighted by molar-refractivity contribution is 7.92. The van der Waals surface area contributed by atoms with E-state index in [9.17, 15) is 16.8 Å². The third kappa shape index (κ3) is 8.11. The summed E-state index contributed by atoms with van der Waals surface area (Å²) in [6, 6.07) is 32.2. The Balaban J connectivity index is 0.000000197. The summed E-state index contributed by atoms with van der Waals surface area (Å²) >= 11 is 0. The van der Waals surface area contributed by atoms with Gasteiger partial charge < -0.3 is 29.4 Å². The van der Waals surface area contributed by atoms with Crippen molar-refractivity contribution in [1.29, 1.82) is 0 Å². The van der Waals surface area contributed by atoms with Crippen molar-refractivity contribution in [3.05, 3.63) is 109 Å². The lowest BCUT2D eigenvalue weighted by atomic mass is 10.1. The van der Waals surface area contributed by atoms with Crippen molar-refractivity contribution < 1.29 is 40.9 Å². The Morgan fingerprint density at radius 2 is 1.06 bits per heavy atom. The number of nitrogens with zero attached hydrogens (tertiary/aromatic N) is 4. The summed E-state index contributed by atoms with van der Waals surface area (Å²) in [6.45, 7) is 2.87. The molecule has 326 valence electrons. The largest absolute Gasteiger partial charge is 0.492 e. The van der Waals surface area contributed by atoms with Crippen LogP contribution in [0.3, 0.4) is 0 Å². The second-order valence-corrected chi connectivity index (χ2v) is 17.5. The molecule has 0 amide bonds. The van der Waals surface area contributed by atoms with Gasteiger partial charge in [-0.25, -0.2) is 16.8 Å². The first-order valence-corrected chi connectivity index (χ1v) is 22.0. The van der Waals surface area contributed by atoms with E-state index >= 15 is 0 Å². The Morgan fingerprint density at radius 1 is 0.629 bits per heavy atom. The van der Waals surface area contributed by atoms with E-state index in [1.807, 2.05) is 61.6 Å². The molecule has 0 bridgehead atoms. The van der Waals surface area contributed by atoms with Crippen molar-refractivity contribution in [3.63, 3.8) is 0 Å². The number of aromatic nitrogens is 4. The number of ether oxygens (including phenoxy) is 4. The van der Waals surface area contributed by atoms with Crippen LogP contribution in [0.1, 0.15) is 14.9 Å². The van der Waals surface area contributed by atoms with Gasteiger partial charge in [-0.15, -0.1) is 12.4 Å². The monoisotopic (exact) mass is 901 g/mol. The van der Waals surface area contributed by atoms with Gasteiger partial charge in [0.05, 0.1) is 29.5 Å². The molecular formula is C45H48ClN5O9S2. The molecule has 0 spiro atoms. The molecule has 0 saturated carbocycles. The number of hydrogen-bond acceptors (Lipinski definition) is 12. The molecule has 10 rings (SSSR count). The van der Waals surface area contributed by atoms with Crippen LogP contribution in [-0.2, 0) is 32.8 Å². The summed E-state index contributed by atoms with van der Waals surface area (Å²) in [7, 11) is -5.92. The lowest BCUT2D eigenvalue weighted by Gasteiger charge is -2.16. The van der Waals surface area contributed by atoms with Gasteiger partial charge in [0.25, 0.3) is 0 Å². The predicted molar refractivity (Wildman–Crippen MR) is 242 cm³/mol. The standard InChI is InChI=1S/C22H21N3O4S.C21H18N2O5S.2CH4.ClH/c1-23-9-11-28-16-13-18-21-19(14-16)29-12-10-25(21)24-22(18)30(26,27)20-8-4-6-15-5-2-3-7-17(15)20;24-9-11-27-15-12-17-20-18(13-15)28-10-8-23(20)22-21(17)29(25,26)19-7-3-5-14-4-1-2-6-16(14)19;;;/h2-8,13-14,23H,9-12H2,1H3;1-7,12-13,24H,8-11H2;2*1H4;1H. The molecule has 0 aliphatic carbocycles. The van der Waals surface area contributed by atoms with Gasteiger partial charge in [-0.3, -0.25) is 9.36 Å².